The molecule has 0 N–H and O–H groups in total. The molecule has 31 heavy (non-hydrogen) atoms. The summed E-state index contributed by atoms with van der Waals surface area (Å²) in [5, 5.41) is 2.19. The summed E-state index contributed by atoms with van der Waals surface area (Å²) in [7, 11) is 0. The van der Waals surface area contributed by atoms with Crippen molar-refractivity contribution in [3.63, 3.8) is 0 Å². The molecule has 1 amide bonds. The zero-order chi connectivity index (χ0) is 21.4. The van der Waals surface area contributed by atoms with E-state index in [-0.39, 0.29) is 18.8 Å². The van der Waals surface area contributed by atoms with E-state index in [9.17, 15) is 14.4 Å². The largest absolute Gasteiger partial charge is 0.445 e. The van der Waals surface area contributed by atoms with Crippen LogP contribution in [0, 0.1) is 5.41 Å². The van der Waals surface area contributed by atoms with Crippen LogP contribution in [0.4, 0.5) is 4.79 Å². The lowest BCUT2D eigenvalue weighted by Gasteiger charge is -2.52. The first-order valence-electron chi connectivity index (χ1n) is 10.5. The van der Waals surface area contributed by atoms with Gasteiger partial charge in [0.15, 0.2) is 5.78 Å². The summed E-state index contributed by atoms with van der Waals surface area (Å²) in [6, 6.07) is 21.7. The van der Waals surface area contributed by atoms with Crippen LogP contribution in [0.25, 0.3) is 10.8 Å². The van der Waals surface area contributed by atoms with Crippen molar-refractivity contribution in [1.82, 2.24) is 4.90 Å². The van der Waals surface area contributed by atoms with Crippen LogP contribution in [-0.4, -0.2) is 36.2 Å². The van der Waals surface area contributed by atoms with Gasteiger partial charge in [-0.25, -0.2) is 4.79 Å². The Balaban J connectivity index is 1.36. The summed E-state index contributed by atoms with van der Waals surface area (Å²) in [4.78, 5) is 38.9. The molecule has 0 saturated carbocycles. The first-order valence-corrected chi connectivity index (χ1v) is 10.5. The Labute approximate surface area is 180 Å². The molecule has 0 aromatic heterocycles. The van der Waals surface area contributed by atoms with Crippen LogP contribution in [0.3, 0.4) is 0 Å². The molecule has 1 saturated heterocycles. The van der Waals surface area contributed by atoms with E-state index in [1.54, 1.807) is 4.90 Å². The standard InChI is InChI=1S/C26H23NO4/c28-11-10-22-23-13-20-9-5-4-8-19(20)12-21(23)14-26(24(22)29)16-27(17-26)25(30)31-15-18-6-2-1-3-7-18/h1-9,11-13,22H,10,14-17H2. The first-order chi connectivity index (χ1) is 15.1. The second-order valence-electron chi connectivity index (χ2n) is 8.57. The van der Waals surface area contributed by atoms with E-state index < -0.39 is 17.4 Å². The molecule has 0 radical (unpaired) electrons. The number of hydrogen-bond donors (Lipinski definition) is 0. The zero-order valence-corrected chi connectivity index (χ0v) is 17.1. The van der Waals surface area contributed by atoms with E-state index in [0.717, 1.165) is 33.7 Å². The molecule has 156 valence electrons. The molecule has 2 aliphatic rings. The molecular formula is C26H23NO4. The van der Waals surface area contributed by atoms with E-state index >= 15 is 0 Å². The van der Waals surface area contributed by atoms with Gasteiger partial charge in [0.1, 0.15) is 12.9 Å². The fourth-order valence-electron chi connectivity index (χ4n) is 4.97. The number of nitrogens with zero attached hydrogens (tertiary/aromatic N) is 1. The summed E-state index contributed by atoms with van der Waals surface area (Å²) < 4.78 is 5.42. The molecule has 3 aromatic rings. The number of likely N-dealkylation sites (tertiary alicyclic amines) is 1. The van der Waals surface area contributed by atoms with E-state index in [0.29, 0.717) is 19.5 Å². The quantitative estimate of drug-likeness (QED) is 0.599. The average molecular weight is 413 g/mol. The zero-order valence-electron chi connectivity index (χ0n) is 17.1. The summed E-state index contributed by atoms with van der Waals surface area (Å²) >= 11 is 0. The molecule has 5 heteroatoms. The highest BCUT2D eigenvalue weighted by Gasteiger charge is 2.55. The number of carbonyl (C=O) groups excluding carboxylic acids is 3. The molecule has 5 nitrogen and oxygen atoms in total. The smallest absolute Gasteiger partial charge is 0.410 e. The Bertz CT molecular complexity index is 1160. The molecule has 3 aromatic carbocycles. The summed E-state index contributed by atoms with van der Waals surface area (Å²) in [6.07, 6.45) is 1.18. The molecular weight excluding hydrogens is 390 g/mol. The third kappa shape index (κ3) is 3.40. The van der Waals surface area contributed by atoms with Crippen molar-refractivity contribution in [3.8, 4) is 0 Å². The minimum absolute atomic E-state index is 0.0643. The first kappa shape index (κ1) is 19.5. The maximum Gasteiger partial charge on any atom is 0.410 e. The summed E-state index contributed by atoms with van der Waals surface area (Å²) in [6.45, 7) is 0.877. The number of benzene rings is 3. The highest BCUT2D eigenvalue weighted by Crippen LogP contribution is 2.47. The van der Waals surface area contributed by atoms with E-state index in [1.807, 2.05) is 54.6 Å². The predicted octanol–water partition coefficient (Wildman–Crippen LogP) is 4.28. The predicted molar refractivity (Wildman–Crippen MR) is 117 cm³/mol. The van der Waals surface area contributed by atoms with Crippen molar-refractivity contribution in [2.45, 2.75) is 25.4 Å². The molecule has 5 rings (SSSR count). The molecule has 1 aliphatic carbocycles. The number of hydrogen-bond acceptors (Lipinski definition) is 4. The Morgan fingerprint density at radius 2 is 1.71 bits per heavy atom. The van der Waals surface area contributed by atoms with E-state index in [4.69, 9.17) is 4.74 Å². The molecule has 0 bridgehead atoms. The van der Waals surface area contributed by atoms with Crippen LogP contribution in [0.5, 0.6) is 0 Å². The monoisotopic (exact) mass is 413 g/mol. The normalized spacial score (nSPS) is 19.0. The van der Waals surface area contributed by atoms with Crippen LogP contribution in [0.15, 0.2) is 66.7 Å². The average Bonchev–Trinajstić information content (AvgIpc) is 2.77. The Hall–Kier alpha value is -3.47. The number of carbonyl (C=O) groups is 3. The van der Waals surface area contributed by atoms with Gasteiger partial charge in [-0.3, -0.25) is 4.79 Å². The molecule has 1 aliphatic heterocycles. The number of rotatable bonds is 4. The maximum atomic E-state index is 13.4. The highest BCUT2D eigenvalue weighted by atomic mass is 16.6. The van der Waals surface area contributed by atoms with Gasteiger partial charge in [-0.1, -0.05) is 66.7 Å². The topological polar surface area (TPSA) is 63.7 Å². The van der Waals surface area contributed by atoms with Gasteiger partial charge in [0, 0.05) is 19.5 Å². The van der Waals surface area contributed by atoms with Crippen LogP contribution in [0.1, 0.15) is 29.0 Å². The van der Waals surface area contributed by atoms with Crippen LogP contribution < -0.4 is 0 Å². The Kier molecular flexibility index (Phi) is 4.81. The number of Topliss-reactive ketones (excluding diaryl/α,β-unsaturated/α-hetero) is 1. The van der Waals surface area contributed by atoms with Gasteiger partial charge >= 0.3 is 6.09 Å². The van der Waals surface area contributed by atoms with Crippen molar-refractivity contribution in [3.05, 3.63) is 83.4 Å². The van der Waals surface area contributed by atoms with Gasteiger partial charge in [0.2, 0.25) is 0 Å². The summed E-state index contributed by atoms with van der Waals surface area (Å²) in [5.74, 6) is -0.386. The van der Waals surface area contributed by atoms with E-state index in [1.165, 1.54) is 0 Å². The molecule has 1 atom stereocenters. The van der Waals surface area contributed by atoms with Crippen molar-refractivity contribution in [2.75, 3.05) is 13.1 Å². The van der Waals surface area contributed by atoms with Crippen LogP contribution in [0.2, 0.25) is 0 Å². The molecule has 1 unspecified atom stereocenters. The van der Waals surface area contributed by atoms with Crippen molar-refractivity contribution in [1.29, 1.82) is 0 Å². The third-order valence-electron chi connectivity index (χ3n) is 6.53. The minimum Gasteiger partial charge on any atom is -0.445 e. The second-order valence-corrected chi connectivity index (χ2v) is 8.57. The van der Waals surface area contributed by atoms with E-state index in [2.05, 4.69) is 12.1 Å². The molecule has 1 fully saturated rings. The number of aldehydes is 1. The summed E-state index contributed by atoms with van der Waals surface area (Å²) in [5.41, 5.74) is 2.34. The lowest BCUT2D eigenvalue weighted by Crippen LogP contribution is -2.65. The lowest BCUT2D eigenvalue weighted by atomic mass is 9.61. The Morgan fingerprint density at radius 1 is 1.03 bits per heavy atom. The third-order valence-corrected chi connectivity index (χ3v) is 6.53. The fraction of sp³-hybridized carbons (Fsp3) is 0.269. The van der Waals surface area contributed by atoms with Crippen molar-refractivity contribution < 1.29 is 19.1 Å². The number of ether oxygens (including phenoxy) is 1. The lowest BCUT2D eigenvalue weighted by molar-refractivity contribution is -0.141. The number of amides is 1. The fourth-order valence-corrected chi connectivity index (χ4v) is 4.97. The Morgan fingerprint density at radius 3 is 2.42 bits per heavy atom. The number of fused-ring (bicyclic) bond motifs is 2. The van der Waals surface area contributed by atoms with Gasteiger partial charge in [-0.05, 0) is 33.9 Å². The minimum atomic E-state index is -0.630. The van der Waals surface area contributed by atoms with Crippen LogP contribution >= 0.6 is 0 Å². The molecule has 1 spiro atoms. The van der Waals surface area contributed by atoms with Gasteiger partial charge in [-0.2, -0.15) is 0 Å². The second kappa shape index (κ2) is 7.65. The van der Waals surface area contributed by atoms with Gasteiger partial charge in [-0.15, -0.1) is 0 Å². The maximum absolute atomic E-state index is 13.4. The SMILES string of the molecule is O=CCC1C(=O)C2(Cc3cc4ccccc4cc31)CN(C(=O)OCc1ccccc1)C2. The van der Waals surface area contributed by atoms with Gasteiger partial charge in [0.25, 0.3) is 0 Å². The van der Waals surface area contributed by atoms with Gasteiger partial charge in [0.05, 0.1) is 11.3 Å². The van der Waals surface area contributed by atoms with Crippen molar-refractivity contribution in [2.24, 2.45) is 5.41 Å². The van der Waals surface area contributed by atoms with Gasteiger partial charge < -0.3 is 14.4 Å². The van der Waals surface area contributed by atoms with Crippen molar-refractivity contribution >= 4 is 28.9 Å². The number of ketones is 1. The highest BCUT2D eigenvalue weighted by molar-refractivity contribution is 5.98. The molecule has 1 heterocycles. The van der Waals surface area contributed by atoms with Crippen LogP contribution in [-0.2, 0) is 27.4 Å².